The third-order valence-corrected chi connectivity index (χ3v) is 2.80. The summed E-state index contributed by atoms with van der Waals surface area (Å²) in [5.41, 5.74) is 6.89. The zero-order valence-electron chi connectivity index (χ0n) is 11.1. The van der Waals surface area contributed by atoms with Crippen LogP contribution in [0.5, 0.6) is 0 Å². The molecule has 0 spiro atoms. The van der Waals surface area contributed by atoms with Crippen LogP contribution < -0.4 is 5.73 Å². The van der Waals surface area contributed by atoms with E-state index in [9.17, 15) is 0 Å². The third-order valence-electron chi connectivity index (χ3n) is 2.80. The van der Waals surface area contributed by atoms with Gasteiger partial charge in [-0.15, -0.1) is 0 Å². The Morgan fingerprint density at radius 1 is 1.35 bits per heavy atom. The average molecular weight is 236 g/mol. The van der Waals surface area contributed by atoms with Gasteiger partial charge in [-0.3, -0.25) is 4.98 Å². The number of ether oxygens (including phenoxy) is 1. The van der Waals surface area contributed by atoms with Crippen LogP contribution >= 0.6 is 0 Å². The molecular formula is C14H24N2O. The Bertz CT molecular complexity index is 300. The smallest absolute Gasteiger partial charge is 0.114 e. The van der Waals surface area contributed by atoms with Crippen LogP contribution in [0, 0.1) is 5.92 Å². The van der Waals surface area contributed by atoms with E-state index in [0.717, 1.165) is 12.3 Å². The summed E-state index contributed by atoms with van der Waals surface area (Å²) < 4.78 is 5.92. The topological polar surface area (TPSA) is 48.1 Å². The van der Waals surface area contributed by atoms with Crippen molar-refractivity contribution in [3.05, 3.63) is 30.1 Å². The Balaban J connectivity index is 2.56. The van der Waals surface area contributed by atoms with E-state index in [1.165, 1.54) is 12.8 Å². The van der Waals surface area contributed by atoms with E-state index in [0.29, 0.717) is 5.92 Å². The van der Waals surface area contributed by atoms with Gasteiger partial charge in [0.2, 0.25) is 0 Å². The van der Waals surface area contributed by atoms with Crippen molar-refractivity contribution in [1.82, 2.24) is 4.98 Å². The minimum Gasteiger partial charge on any atom is -0.370 e. The van der Waals surface area contributed by atoms with Crippen molar-refractivity contribution in [2.24, 2.45) is 11.7 Å². The highest BCUT2D eigenvalue weighted by atomic mass is 16.5. The Hall–Kier alpha value is -0.930. The highest BCUT2D eigenvalue weighted by Gasteiger charge is 2.18. The normalized spacial score (nSPS) is 16.5. The van der Waals surface area contributed by atoms with Gasteiger partial charge in [0.1, 0.15) is 6.10 Å². The van der Waals surface area contributed by atoms with Gasteiger partial charge in [0.15, 0.2) is 0 Å². The third kappa shape index (κ3) is 4.84. The van der Waals surface area contributed by atoms with Gasteiger partial charge in [0.25, 0.3) is 0 Å². The van der Waals surface area contributed by atoms with Crippen molar-refractivity contribution in [2.75, 3.05) is 6.61 Å². The predicted molar refractivity (Wildman–Crippen MR) is 70.7 cm³/mol. The van der Waals surface area contributed by atoms with Gasteiger partial charge in [-0.25, -0.2) is 0 Å². The van der Waals surface area contributed by atoms with E-state index in [1.54, 1.807) is 6.20 Å². The van der Waals surface area contributed by atoms with E-state index in [1.807, 2.05) is 25.1 Å². The molecule has 0 bridgehead atoms. The minimum absolute atomic E-state index is 0.0428. The lowest BCUT2D eigenvalue weighted by Gasteiger charge is -2.22. The minimum atomic E-state index is -0.101. The van der Waals surface area contributed by atoms with Gasteiger partial charge in [0, 0.05) is 12.2 Å². The lowest BCUT2D eigenvalue weighted by Crippen LogP contribution is -2.28. The van der Waals surface area contributed by atoms with Crippen LogP contribution in [-0.4, -0.2) is 17.6 Å². The van der Waals surface area contributed by atoms with Crippen LogP contribution in [0.25, 0.3) is 0 Å². The Morgan fingerprint density at radius 2 is 2.12 bits per heavy atom. The van der Waals surface area contributed by atoms with Crippen LogP contribution in [0.4, 0.5) is 0 Å². The van der Waals surface area contributed by atoms with E-state index >= 15 is 0 Å². The van der Waals surface area contributed by atoms with Gasteiger partial charge in [-0.05, 0) is 31.4 Å². The molecule has 17 heavy (non-hydrogen) atoms. The summed E-state index contributed by atoms with van der Waals surface area (Å²) in [6.45, 7) is 7.11. The molecule has 0 aliphatic carbocycles. The second-order valence-corrected chi connectivity index (χ2v) is 4.76. The molecule has 0 saturated heterocycles. The van der Waals surface area contributed by atoms with Gasteiger partial charge in [-0.1, -0.05) is 26.3 Å². The molecule has 96 valence electrons. The lowest BCUT2D eigenvalue weighted by atomic mass is 10.1. The molecule has 0 aliphatic heterocycles. The molecule has 0 fully saturated rings. The molecule has 1 heterocycles. The second kappa shape index (κ2) is 7.41. The first-order valence-corrected chi connectivity index (χ1v) is 6.43. The molecule has 0 aromatic carbocycles. The number of aromatic nitrogens is 1. The maximum atomic E-state index is 5.96. The monoisotopic (exact) mass is 236 g/mol. The average Bonchev–Trinajstić information content (AvgIpc) is 2.30. The molecule has 2 N–H and O–H groups in total. The van der Waals surface area contributed by atoms with Gasteiger partial charge in [0.05, 0.1) is 12.3 Å². The first-order chi connectivity index (χ1) is 8.15. The molecule has 0 radical (unpaired) electrons. The number of hydrogen-bond acceptors (Lipinski definition) is 3. The van der Waals surface area contributed by atoms with Gasteiger partial charge >= 0.3 is 0 Å². The van der Waals surface area contributed by atoms with Crippen molar-refractivity contribution in [2.45, 2.75) is 45.8 Å². The van der Waals surface area contributed by atoms with E-state index in [4.69, 9.17) is 10.5 Å². The molecule has 0 saturated carbocycles. The van der Waals surface area contributed by atoms with Crippen molar-refractivity contribution in [3.8, 4) is 0 Å². The number of rotatable bonds is 7. The van der Waals surface area contributed by atoms with E-state index < -0.39 is 0 Å². The van der Waals surface area contributed by atoms with Crippen LogP contribution in [0.2, 0.25) is 0 Å². The maximum absolute atomic E-state index is 5.96. The summed E-state index contributed by atoms with van der Waals surface area (Å²) in [6, 6.07) is 5.80. The molecular weight excluding hydrogens is 212 g/mol. The zero-order chi connectivity index (χ0) is 12.7. The molecule has 3 unspecified atom stereocenters. The highest BCUT2D eigenvalue weighted by molar-refractivity contribution is 5.08. The zero-order valence-corrected chi connectivity index (χ0v) is 11.1. The van der Waals surface area contributed by atoms with Crippen LogP contribution in [0.1, 0.15) is 45.4 Å². The van der Waals surface area contributed by atoms with Crippen molar-refractivity contribution >= 4 is 0 Å². The Labute approximate surface area is 104 Å². The lowest BCUT2D eigenvalue weighted by molar-refractivity contribution is 0.0148. The van der Waals surface area contributed by atoms with Crippen molar-refractivity contribution < 1.29 is 4.74 Å². The molecule has 3 heteroatoms. The fraction of sp³-hybridized carbons (Fsp3) is 0.643. The second-order valence-electron chi connectivity index (χ2n) is 4.76. The summed E-state index contributed by atoms with van der Waals surface area (Å²) in [7, 11) is 0. The first kappa shape index (κ1) is 14.1. The standard InChI is InChI=1S/C14H24N2O/c1-4-7-11(2)10-17-14(12(3)15)13-8-5-6-9-16-13/h5-6,8-9,11-12,14H,4,7,10,15H2,1-3H3. The van der Waals surface area contributed by atoms with Gasteiger partial charge < -0.3 is 10.5 Å². The fourth-order valence-electron chi connectivity index (χ4n) is 1.89. The number of hydrogen-bond donors (Lipinski definition) is 1. The molecule has 1 aromatic rings. The number of nitrogens with two attached hydrogens (primary N) is 1. The molecule has 3 atom stereocenters. The SMILES string of the molecule is CCCC(C)COC(c1ccccn1)C(C)N. The molecule has 0 amide bonds. The molecule has 1 aromatic heterocycles. The van der Waals surface area contributed by atoms with E-state index in [-0.39, 0.29) is 12.1 Å². The van der Waals surface area contributed by atoms with Crippen LogP contribution in [0.3, 0.4) is 0 Å². The van der Waals surface area contributed by atoms with Crippen molar-refractivity contribution in [1.29, 1.82) is 0 Å². The Kier molecular flexibility index (Phi) is 6.16. The highest BCUT2D eigenvalue weighted by Crippen LogP contribution is 2.19. The van der Waals surface area contributed by atoms with E-state index in [2.05, 4.69) is 18.8 Å². The summed E-state index contributed by atoms with van der Waals surface area (Å²) >= 11 is 0. The van der Waals surface area contributed by atoms with Crippen LogP contribution in [0.15, 0.2) is 24.4 Å². The molecule has 3 nitrogen and oxygen atoms in total. The maximum Gasteiger partial charge on any atom is 0.114 e. The first-order valence-electron chi connectivity index (χ1n) is 6.43. The van der Waals surface area contributed by atoms with Crippen LogP contribution in [-0.2, 0) is 4.74 Å². The Morgan fingerprint density at radius 3 is 2.65 bits per heavy atom. The predicted octanol–water partition coefficient (Wildman–Crippen LogP) is 2.92. The number of nitrogens with zero attached hydrogens (tertiary/aromatic N) is 1. The summed E-state index contributed by atoms with van der Waals surface area (Å²) in [6.07, 6.45) is 4.06. The van der Waals surface area contributed by atoms with Crippen molar-refractivity contribution in [3.63, 3.8) is 0 Å². The largest absolute Gasteiger partial charge is 0.370 e. The quantitative estimate of drug-likeness (QED) is 0.792. The summed E-state index contributed by atoms with van der Waals surface area (Å²) in [5, 5.41) is 0. The van der Waals surface area contributed by atoms with Gasteiger partial charge in [-0.2, -0.15) is 0 Å². The summed E-state index contributed by atoms with van der Waals surface area (Å²) in [4.78, 5) is 4.32. The molecule has 0 aliphatic rings. The molecule has 1 rings (SSSR count). The fourth-order valence-corrected chi connectivity index (χ4v) is 1.89. The number of pyridine rings is 1. The summed E-state index contributed by atoms with van der Waals surface area (Å²) in [5.74, 6) is 0.574.